The molecule has 1 N–H and O–H groups in total. The van der Waals surface area contributed by atoms with Gasteiger partial charge in [-0.25, -0.2) is 0 Å². The lowest BCUT2D eigenvalue weighted by molar-refractivity contribution is -0.121. The molecule has 0 atom stereocenters. The summed E-state index contributed by atoms with van der Waals surface area (Å²) in [4.78, 5) is 29.0. The van der Waals surface area contributed by atoms with Crippen LogP contribution in [0.25, 0.3) is 0 Å². The smallest absolute Gasteiger partial charge is 0.265 e. The van der Waals surface area contributed by atoms with Crippen LogP contribution in [-0.4, -0.2) is 62.7 Å². The fourth-order valence-corrected chi connectivity index (χ4v) is 3.86. The molecule has 2 aliphatic rings. The molecule has 2 amide bonds. The van der Waals surface area contributed by atoms with Crippen molar-refractivity contribution < 1.29 is 19.1 Å². The van der Waals surface area contributed by atoms with Gasteiger partial charge in [0.15, 0.2) is 6.61 Å². The second kappa shape index (κ2) is 9.94. The number of fused-ring (bicyclic) bond motifs is 1. The number of aryl methyl sites for hydroxylation is 1. The van der Waals surface area contributed by atoms with E-state index < -0.39 is 0 Å². The highest BCUT2D eigenvalue weighted by Gasteiger charge is 2.25. The van der Waals surface area contributed by atoms with E-state index in [9.17, 15) is 9.59 Å². The van der Waals surface area contributed by atoms with Crippen LogP contribution in [0.3, 0.4) is 0 Å². The Morgan fingerprint density at radius 3 is 2.65 bits per heavy atom. The summed E-state index contributed by atoms with van der Waals surface area (Å²) in [5, 5.41) is 2.99. The third-order valence-electron chi connectivity index (χ3n) is 5.65. The normalized spacial score (nSPS) is 16.5. The molecule has 2 aromatic carbocycles. The Labute approximate surface area is 182 Å². The summed E-state index contributed by atoms with van der Waals surface area (Å²) >= 11 is 0. The van der Waals surface area contributed by atoms with Crippen molar-refractivity contribution in [3.8, 4) is 5.75 Å². The number of hydrogen-bond acceptors (Lipinski definition) is 5. The average Bonchev–Trinajstić information content (AvgIpc) is 2.80. The van der Waals surface area contributed by atoms with Gasteiger partial charge >= 0.3 is 0 Å². The molecular weight excluding hydrogens is 394 g/mol. The molecule has 7 heteroatoms. The molecule has 0 bridgehead atoms. The molecule has 0 aromatic heterocycles. The van der Waals surface area contributed by atoms with Gasteiger partial charge < -0.3 is 19.7 Å². The molecule has 0 saturated carbocycles. The van der Waals surface area contributed by atoms with Crippen molar-refractivity contribution in [1.29, 1.82) is 0 Å². The number of amides is 2. The van der Waals surface area contributed by atoms with Crippen LogP contribution in [-0.2, 0) is 16.1 Å². The van der Waals surface area contributed by atoms with Gasteiger partial charge in [-0.1, -0.05) is 18.2 Å². The summed E-state index contributed by atoms with van der Waals surface area (Å²) in [6.07, 6.45) is 0.918. The third-order valence-corrected chi connectivity index (χ3v) is 5.65. The van der Waals surface area contributed by atoms with Gasteiger partial charge in [-0.15, -0.1) is 0 Å². The molecule has 7 nitrogen and oxygen atoms in total. The van der Waals surface area contributed by atoms with Gasteiger partial charge in [0.05, 0.1) is 25.4 Å². The predicted octanol–water partition coefficient (Wildman–Crippen LogP) is 2.37. The van der Waals surface area contributed by atoms with Crippen molar-refractivity contribution in [1.82, 2.24) is 10.2 Å². The van der Waals surface area contributed by atoms with Gasteiger partial charge in [0.2, 0.25) is 0 Å². The Morgan fingerprint density at radius 1 is 1.10 bits per heavy atom. The van der Waals surface area contributed by atoms with Crippen LogP contribution in [0.4, 0.5) is 5.69 Å². The largest absolute Gasteiger partial charge is 0.482 e. The summed E-state index contributed by atoms with van der Waals surface area (Å²) in [6, 6.07) is 13.3. The van der Waals surface area contributed by atoms with E-state index in [-0.39, 0.29) is 18.4 Å². The Balaban J connectivity index is 1.30. The van der Waals surface area contributed by atoms with E-state index in [2.05, 4.69) is 10.2 Å². The lowest BCUT2D eigenvalue weighted by Crippen LogP contribution is -2.38. The van der Waals surface area contributed by atoms with Crippen LogP contribution in [0.2, 0.25) is 0 Å². The van der Waals surface area contributed by atoms with Gasteiger partial charge in [0.1, 0.15) is 5.75 Å². The van der Waals surface area contributed by atoms with Crippen molar-refractivity contribution in [2.45, 2.75) is 19.9 Å². The van der Waals surface area contributed by atoms with E-state index in [4.69, 9.17) is 9.47 Å². The third kappa shape index (κ3) is 5.42. The summed E-state index contributed by atoms with van der Waals surface area (Å²) in [6.45, 7) is 7.61. The zero-order valence-electron chi connectivity index (χ0n) is 17.9. The fourth-order valence-electron chi connectivity index (χ4n) is 3.86. The zero-order valence-corrected chi connectivity index (χ0v) is 17.9. The number of carbonyl (C=O) groups is 2. The molecule has 2 aromatic rings. The minimum atomic E-state index is -0.0723. The van der Waals surface area contributed by atoms with E-state index in [1.807, 2.05) is 49.4 Å². The van der Waals surface area contributed by atoms with E-state index >= 15 is 0 Å². The summed E-state index contributed by atoms with van der Waals surface area (Å²) in [5.41, 5.74) is 3.45. The highest BCUT2D eigenvalue weighted by molar-refractivity contribution is 5.98. The molecule has 1 saturated heterocycles. The van der Waals surface area contributed by atoms with Crippen LogP contribution >= 0.6 is 0 Å². The fraction of sp³-hybridized carbons (Fsp3) is 0.417. The number of nitrogens with one attached hydrogen (secondary N) is 1. The van der Waals surface area contributed by atoms with Crippen LogP contribution in [0, 0.1) is 6.92 Å². The Hall–Kier alpha value is -2.90. The van der Waals surface area contributed by atoms with Gasteiger partial charge in [0.25, 0.3) is 11.8 Å². The second-order valence-electron chi connectivity index (χ2n) is 8.00. The topological polar surface area (TPSA) is 71.1 Å². The number of anilines is 1. The first kappa shape index (κ1) is 21.3. The van der Waals surface area contributed by atoms with Crippen LogP contribution in [0.15, 0.2) is 42.5 Å². The Kier molecular flexibility index (Phi) is 6.84. The maximum absolute atomic E-state index is 12.4. The van der Waals surface area contributed by atoms with Crippen LogP contribution in [0.1, 0.15) is 27.9 Å². The standard InChI is InChI=1S/C24H29N3O4/c1-18-3-8-22-21(15-18)27(23(28)17-31-22)16-19-4-6-20(7-5-19)24(29)25-9-2-10-26-11-13-30-14-12-26/h3-8,15H,2,9-14,16-17H2,1H3,(H,25,29). The predicted molar refractivity (Wildman–Crippen MR) is 119 cm³/mol. The average molecular weight is 424 g/mol. The minimum absolute atomic E-state index is 0.0427. The quantitative estimate of drug-likeness (QED) is 0.693. The van der Waals surface area contributed by atoms with Gasteiger partial charge in [-0.3, -0.25) is 14.5 Å². The number of ether oxygens (including phenoxy) is 2. The number of rotatable bonds is 7. The molecule has 4 rings (SSSR count). The molecule has 164 valence electrons. The van der Waals surface area contributed by atoms with Crippen molar-refractivity contribution >= 4 is 17.5 Å². The lowest BCUT2D eigenvalue weighted by atomic mass is 10.1. The first-order chi connectivity index (χ1) is 15.1. The second-order valence-corrected chi connectivity index (χ2v) is 8.00. The number of morpholine rings is 1. The monoisotopic (exact) mass is 423 g/mol. The van der Waals surface area contributed by atoms with Crippen molar-refractivity contribution in [3.05, 3.63) is 59.2 Å². The van der Waals surface area contributed by atoms with Crippen LogP contribution < -0.4 is 15.0 Å². The number of nitrogens with zero attached hydrogens (tertiary/aromatic N) is 2. The van der Waals surface area contributed by atoms with Crippen molar-refractivity contribution in [2.24, 2.45) is 0 Å². The van der Waals surface area contributed by atoms with Gasteiger partial charge in [-0.05, 0) is 55.3 Å². The number of hydrogen-bond donors (Lipinski definition) is 1. The highest BCUT2D eigenvalue weighted by atomic mass is 16.5. The molecule has 31 heavy (non-hydrogen) atoms. The Morgan fingerprint density at radius 2 is 1.87 bits per heavy atom. The molecule has 2 aliphatic heterocycles. The highest BCUT2D eigenvalue weighted by Crippen LogP contribution is 2.33. The summed E-state index contributed by atoms with van der Waals surface area (Å²) in [7, 11) is 0. The van der Waals surface area contributed by atoms with Crippen molar-refractivity contribution in [3.63, 3.8) is 0 Å². The zero-order chi connectivity index (χ0) is 21.6. The minimum Gasteiger partial charge on any atom is -0.482 e. The maximum atomic E-state index is 12.4. The molecule has 0 radical (unpaired) electrons. The van der Waals surface area contributed by atoms with Crippen molar-refractivity contribution in [2.75, 3.05) is 50.9 Å². The maximum Gasteiger partial charge on any atom is 0.265 e. The van der Waals surface area contributed by atoms with E-state index in [1.165, 1.54) is 0 Å². The lowest BCUT2D eigenvalue weighted by Gasteiger charge is -2.29. The molecule has 2 heterocycles. The van der Waals surface area contributed by atoms with Crippen LogP contribution in [0.5, 0.6) is 5.75 Å². The van der Waals surface area contributed by atoms with E-state index in [0.29, 0.717) is 18.7 Å². The van der Waals surface area contributed by atoms with E-state index in [1.54, 1.807) is 4.90 Å². The molecule has 1 fully saturated rings. The van der Waals surface area contributed by atoms with E-state index in [0.717, 1.165) is 61.8 Å². The molecule has 0 aliphatic carbocycles. The summed E-state index contributed by atoms with van der Waals surface area (Å²) < 4.78 is 10.9. The molecular formula is C24H29N3O4. The molecule has 0 unspecified atom stereocenters. The summed E-state index contributed by atoms with van der Waals surface area (Å²) in [5.74, 6) is 0.579. The number of carbonyl (C=O) groups excluding carboxylic acids is 2. The first-order valence-corrected chi connectivity index (χ1v) is 10.8. The Bertz CT molecular complexity index is 923. The first-order valence-electron chi connectivity index (χ1n) is 10.8. The van der Waals surface area contributed by atoms with Gasteiger partial charge in [-0.2, -0.15) is 0 Å². The number of benzene rings is 2. The SMILES string of the molecule is Cc1ccc2c(c1)N(Cc1ccc(C(=O)NCCCN3CCOCC3)cc1)C(=O)CO2. The van der Waals surface area contributed by atoms with Gasteiger partial charge in [0, 0.05) is 25.2 Å². The molecule has 0 spiro atoms.